The third kappa shape index (κ3) is 3.91. The molecule has 4 nitrogen and oxygen atoms in total. The Kier molecular flexibility index (Phi) is 5.43. The van der Waals surface area contributed by atoms with Crippen LogP contribution in [0.1, 0.15) is 29.7 Å². The van der Waals surface area contributed by atoms with Crippen molar-refractivity contribution in [3.05, 3.63) is 65.2 Å². The van der Waals surface area contributed by atoms with Gasteiger partial charge in [-0.3, -0.25) is 0 Å². The third-order valence-corrected chi connectivity index (χ3v) is 5.09. The number of thioether (sulfide) groups is 1. The summed E-state index contributed by atoms with van der Waals surface area (Å²) in [5, 5.41) is 16.0. The Morgan fingerprint density at radius 3 is 2.92 bits per heavy atom. The molecule has 24 heavy (non-hydrogen) atoms. The minimum Gasteiger partial charge on any atom is -0.390 e. The van der Waals surface area contributed by atoms with Crippen LogP contribution in [-0.2, 0) is 12.2 Å². The van der Waals surface area contributed by atoms with E-state index in [0.717, 1.165) is 28.3 Å². The van der Waals surface area contributed by atoms with Gasteiger partial charge in [-0.05, 0) is 34.6 Å². The number of carbonyl (C=O) groups is 1. The maximum Gasteiger partial charge on any atom is 0.319 e. The fourth-order valence-electron chi connectivity index (χ4n) is 3.02. The van der Waals surface area contributed by atoms with Crippen molar-refractivity contribution in [2.75, 3.05) is 11.1 Å². The van der Waals surface area contributed by atoms with Gasteiger partial charge >= 0.3 is 6.03 Å². The minimum absolute atomic E-state index is 0.295. The zero-order valence-corrected chi connectivity index (χ0v) is 14.5. The summed E-state index contributed by atoms with van der Waals surface area (Å²) in [6, 6.07) is 15.0. The second kappa shape index (κ2) is 7.73. The average Bonchev–Trinajstić information content (AvgIpc) is 2.89. The maximum atomic E-state index is 12.3. The summed E-state index contributed by atoms with van der Waals surface area (Å²) in [6.45, 7) is 2.13. The number of aliphatic hydroxyl groups excluding tert-OH is 1. The molecule has 1 aliphatic rings. The number of rotatable bonds is 5. The second-order valence-corrected chi connectivity index (χ2v) is 7.16. The highest BCUT2D eigenvalue weighted by Gasteiger charge is 2.31. The van der Waals surface area contributed by atoms with E-state index < -0.39 is 6.10 Å². The van der Waals surface area contributed by atoms with Crippen molar-refractivity contribution in [1.29, 1.82) is 0 Å². The fraction of sp³-hybridized carbons (Fsp3) is 0.316. The number of nitrogens with one attached hydrogen (secondary N) is 2. The summed E-state index contributed by atoms with van der Waals surface area (Å²) >= 11 is 1.85. The Bertz CT molecular complexity index is 720. The first kappa shape index (κ1) is 16.9. The lowest BCUT2D eigenvalue weighted by molar-refractivity contribution is 0.144. The Hall–Kier alpha value is -1.98. The molecule has 0 radical (unpaired) electrons. The Morgan fingerprint density at radius 1 is 1.25 bits per heavy atom. The predicted molar refractivity (Wildman–Crippen MR) is 99.3 cm³/mol. The summed E-state index contributed by atoms with van der Waals surface area (Å²) in [7, 11) is 0. The molecule has 2 aromatic carbocycles. The van der Waals surface area contributed by atoms with Gasteiger partial charge in [-0.2, -0.15) is 11.8 Å². The van der Waals surface area contributed by atoms with Crippen LogP contribution in [0.5, 0.6) is 0 Å². The number of hydrogen-bond acceptors (Lipinski definition) is 3. The summed E-state index contributed by atoms with van der Waals surface area (Å²) in [6.07, 6.45) is -0.00868. The lowest BCUT2D eigenvalue weighted by atomic mass is 10.1. The van der Waals surface area contributed by atoms with Gasteiger partial charge in [0.25, 0.3) is 0 Å². The zero-order chi connectivity index (χ0) is 16.9. The highest BCUT2D eigenvalue weighted by molar-refractivity contribution is 7.98. The lowest BCUT2D eigenvalue weighted by Crippen LogP contribution is -2.36. The smallest absolute Gasteiger partial charge is 0.319 e. The number of benzene rings is 2. The number of anilines is 1. The molecule has 0 heterocycles. The summed E-state index contributed by atoms with van der Waals surface area (Å²) < 4.78 is 0. The number of amides is 2. The van der Waals surface area contributed by atoms with E-state index in [9.17, 15) is 9.90 Å². The van der Waals surface area contributed by atoms with Crippen LogP contribution >= 0.6 is 11.8 Å². The maximum absolute atomic E-state index is 12.3. The van der Waals surface area contributed by atoms with Gasteiger partial charge in [0.15, 0.2) is 0 Å². The number of hydrogen-bond donors (Lipinski definition) is 3. The fourth-order valence-corrected chi connectivity index (χ4v) is 3.63. The third-order valence-electron chi connectivity index (χ3n) is 4.15. The number of aliphatic hydroxyl groups is 1. The molecule has 2 amide bonds. The molecule has 3 N–H and O–H groups in total. The van der Waals surface area contributed by atoms with Crippen molar-refractivity contribution in [2.45, 2.75) is 31.2 Å². The topological polar surface area (TPSA) is 61.4 Å². The minimum atomic E-state index is -0.583. The van der Waals surface area contributed by atoms with Crippen LogP contribution in [0.2, 0.25) is 0 Å². The molecular weight excluding hydrogens is 320 g/mol. The molecule has 0 saturated carbocycles. The highest BCUT2D eigenvalue weighted by atomic mass is 32.2. The van der Waals surface area contributed by atoms with Crippen LogP contribution in [0, 0.1) is 0 Å². The molecule has 0 bridgehead atoms. The van der Waals surface area contributed by atoms with E-state index in [-0.39, 0.29) is 12.1 Å². The Morgan fingerprint density at radius 2 is 2.08 bits per heavy atom. The molecule has 0 aromatic heterocycles. The van der Waals surface area contributed by atoms with E-state index >= 15 is 0 Å². The van der Waals surface area contributed by atoms with Gasteiger partial charge < -0.3 is 15.7 Å². The molecule has 0 unspecified atom stereocenters. The highest BCUT2D eigenvalue weighted by Crippen LogP contribution is 2.31. The van der Waals surface area contributed by atoms with Gasteiger partial charge in [-0.15, -0.1) is 0 Å². The first-order chi connectivity index (χ1) is 11.7. The zero-order valence-electron chi connectivity index (χ0n) is 13.7. The van der Waals surface area contributed by atoms with Gasteiger partial charge in [0, 0.05) is 17.9 Å². The van der Waals surface area contributed by atoms with Crippen LogP contribution in [0.4, 0.5) is 10.5 Å². The predicted octanol–water partition coefficient (Wildman–Crippen LogP) is 3.72. The normalized spacial score (nSPS) is 18.9. The van der Waals surface area contributed by atoms with E-state index in [4.69, 9.17) is 0 Å². The van der Waals surface area contributed by atoms with Gasteiger partial charge in [0.05, 0.1) is 12.1 Å². The van der Waals surface area contributed by atoms with Crippen molar-refractivity contribution < 1.29 is 9.90 Å². The lowest BCUT2D eigenvalue weighted by Gasteiger charge is -2.18. The summed E-state index contributed by atoms with van der Waals surface area (Å²) in [5.74, 6) is 2.00. The van der Waals surface area contributed by atoms with Gasteiger partial charge in [0.2, 0.25) is 0 Å². The van der Waals surface area contributed by atoms with Crippen LogP contribution < -0.4 is 10.6 Å². The van der Waals surface area contributed by atoms with Crippen molar-refractivity contribution >= 4 is 23.5 Å². The monoisotopic (exact) mass is 342 g/mol. The molecule has 2 atom stereocenters. The molecule has 0 fully saturated rings. The molecular formula is C19H22N2O2S. The van der Waals surface area contributed by atoms with Crippen LogP contribution in [0.15, 0.2) is 48.5 Å². The van der Waals surface area contributed by atoms with Crippen LogP contribution in [-0.4, -0.2) is 23.0 Å². The number of carbonyl (C=O) groups excluding carboxylic acids is 1. The van der Waals surface area contributed by atoms with Crippen molar-refractivity contribution in [2.24, 2.45) is 0 Å². The Labute approximate surface area is 146 Å². The summed E-state index contributed by atoms with van der Waals surface area (Å²) in [4.78, 5) is 12.3. The molecule has 3 rings (SSSR count). The first-order valence-electron chi connectivity index (χ1n) is 8.17. The number of fused-ring (bicyclic) bond motifs is 1. The largest absolute Gasteiger partial charge is 0.390 e. The van der Waals surface area contributed by atoms with Crippen LogP contribution in [0.3, 0.4) is 0 Å². The average molecular weight is 342 g/mol. The standard InChI is InChI=1S/C19H22N2O2S/c1-2-24-12-13-6-5-8-15(10-13)20-19(23)21-18-16-9-4-3-7-14(16)11-17(18)22/h3-10,17-18,22H,2,11-12H2,1H3,(H2,20,21,23)/t17-,18+/m0/s1. The summed E-state index contributed by atoms with van der Waals surface area (Å²) in [5.41, 5.74) is 4.04. The first-order valence-corrected chi connectivity index (χ1v) is 9.33. The molecule has 0 aliphatic heterocycles. The van der Waals surface area contributed by atoms with Crippen molar-refractivity contribution in [3.63, 3.8) is 0 Å². The molecule has 5 heteroatoms. The van der Waals surface area contributed by atoms with Crippen molar-refractivity contribution in [3.8, 4) is 0 Å². The van der Waals surface area contributed by atoms with E-state index in [2.05, 4.69) is 23.6 Å². The molecule has 126 valence electrons. The Balaban J connectivity index is 1.64. The molecule has 1 aliphatic carbocycles. The number of urea groups is 1. The quantitative estimate of drug-likeness (QED) is 0.776. The van der Waals surface area contributed by atoms with E-state index in [0.29, 0.717) is 6.42 Å². The van der Waals surface area contributed by atoms with E-state index in [1.54, 1.807) is 0 Å². The van der Waals surface area contributed by atoms with Gasteiger partial charge in [-0.1, -0.05) is 43.3 Å². The van der Waals surface area contributed by atoms with Crippen LogP contribution in [0.25, 0.3) is 0 Å². The van der Waals surface area contributed by atoms with E-state index in [1.807, 2.05) is 54.2 Å². The molecule has 2 aromatic rings. The van der Waals surface area contributed by atoms with Gasteiger partial charge in [0.1, 0.15) is 0 Å². The van der Waals surface area contributed by atoms with E-state index in [1.165, 1.54) is 5.56 Å². The van der Waals surface area contributed by atoms with Crippen molar-refractivity contribution in [1.82, 2.24) is 5.32 Å². The molecule has 0 spiro atoms. The SMILES string of the molecule is CCSCc1cccc(NC(=O)N[C@@H]2c3ccccc3C[C@@H]2O)c1. The molecule has 0 saturated heterocycles. The second-order valence-electron chi connectivity index (χ2n) is 5.88. The van der Waals surface area contributed by atoms with Gasteiger partial charge in [-0.25, -0.2) is 4.79 Å².